The molecule has 0 atom stereocenters. The Kier molecular flexibility index (Phi) is 4.50. The highest BCUT2D eigenvalue weighted by molar-refractivity contribution is 5.09. The highest BCUT2D eigenvalue weighted by Gasteiger charge is 2.25. The smallest absolute Gasteiger partial charge is 0.287 e. The molecule has 1 saturated carbocycles. The quantitative estimate of drug-likeness (QED) is 0.893. The van der Waals surface area contributed by atoms with E-state index in [0.717, 1.165) is 31.6 Å². The van der Waals surface area contributed by atoms with Crippen LogP contribution in [-0.4, -0.2) is 9.97 Å². The number of H-pyrrole nitrogens is 1. The number of hydrogen-bond acceptors (Lipinski definition) is 2. The number of hydrogen-bond donors (Lipinski definition) is 1. The number of aromatic nitrogens is 2. The van der Waals surface area contributed by atoms with Crippen molar-refractivity contribution < 1.29 is 4.39 Å². The molecule has 0 saturated heterocycles. The average Bonchev–Trinajstić information content (AvgIpc) is 2.40. The maximum absolute atomic E-state index is 13.7. The van der Waals surface area contributed by atoms with Crippen molar-refractivity contribution >= 4 is 0 Å². The molecule has 1 fully saturated rings. The largest absolute Gasteiger partial charge is 0.311 e. The van der Waals surface area contributed by atoms with Gasteiger partial charge in [0.05, 0.1) is 12.0 Å². The SMILES string of the molecule is CCCCC1CCC(c2nc[nH]c(=O)c2F)CC1. The molecular formula is C14H21FN2O. The Labute approximate surface area is 107 Å². The first-order valence-electron chi connectivity index (χ1n) is 6.95. The molecular weight excluding hydrogens is 231 g/mol. The molecule has 1 aliphatic carbocycles. The van der Waals surface area contributed by atoms with Crippen LogP contribution in [0.1, 0.15) is 63.5 Å². The Bertz CT molecular complexity index is 436. The Morgan fingerprint density at radius 3 is 2.78 bits per heavy atom. The monoisotopic (exact) mass is 252 g/mol. The van der Waals surface area contributed by atoms with E-state index >= 15 is 0 Å². The lowest BCUT2D eigenvalue weighted by Crippen LogP contribution is -2.20. The van der Waals surface area contributed by atoms with E-state index in [2.05, 4.69) is 16.9 Å². The van der Waals surface area contributed by atoms with Gasteiger partial charge in [-0.05, 0) is 31.6 Å². The van der Waals surface area contributed by atoms with Gasteiger partial charge in [0.2, 0.25) is 5.82 Å². The molecule has 0 radical (unpaired) electrons. The fourth-order valence-corrected chi connectivity index (χ4v) is 2.90. The zero-order valence-electron chi connectivity index (χ0n) is 10.9. The van der Waals surface area contributed by atoms with Crippen molar-refractivity contribution in [3.05, 3.63) is 28.2 Å². The Balaban J connectivity index is 1.97. The molecule has 0 unspecified atom stereocenters. The highest BCUT2D eigenvalue weighted by atomic mass is 19.1. The van der Waals surface area contributed by atoms with Crippen LogP contribution in [0.5, 0.6) is 0 Å². The molecule has 1 N–H and O–H groups in total. The molecule has 100 valence electrons. The minimum Gasteiger partial charge on any atom is -0.311 e. The second-order valence-electron chi connectivity index (χ2n) is 5.29. The third-order valence-electron chi connectivity index (χ3n) is 4.02. The fourth-order valence-electron chi connectivity index (χ4n) is 2.90. The number of aromatic amines is 1. The standard InChI is InChI=1S/C14H21FN2O/c1-2-3-4-10-5-7-11(8-6-10)13-12(15)14(18)17-9-16-13/h9-11H,2-8H2,1H3,(H,16,17,18). The number of rotatable bonds is 4. The van der Waals surface area contributed by atoms with Crippen LogP contribution in [0, 0.1) is 11.7 Å². The molecule has 1 aliphatic rings. The van der Waals surface area contributed by atoms with E-state index in [4.69, 9.17) is 0 Å². The van der Waals surface area contributed by atoms with E-state index in [-0.39, 0.29) is 5.92 Å². The van der Waals surface area contributed by atoms with E-state index in [1.165, 1.54) is 25.6 Å². The highest BCUT2D eigenvalue weighted by Crippen LogP contribution is 2.37. The molecule has 0 amide bonds. The van der Waals surface area contributed by atoms with Gasteiger partial charge in [-0.25, -0.2) is 4.98 Å². The summed E-state index contributed by atoms with van der Waals surface area (Å²) >= 11 is 0. The topological polar surface area (TPSA) is 45.8 Å². The van der Waals surface area contributed by atoms with Crippen LogP contribution in [0.2, 0.25) is 0 Å². The summed E-state index contributed by atoms with van der Waals surface area (Å²) < 4.78 is 13.7. The third kappa shape index (κ3) is 2.98. The summed E-state index contributed by atoms with van der Waals surface area (Å²) in [4.78, 5) is 17.5. The van der Waals surface area contributed by atoms with Crippen LogP contribution >= 0.6 is 0 Å². The summed E-state index contributed by atoms with van der Waals surface area (Å²) in [5, 5.41) is 0. The van der Waals surface area contributed by atoms with Gasteiger partial charge in [-0.1, -0.05) is 26.2 Å². The summed E-state index contributed by atoms with van der Waals surface area (Å²) in [7, 11) is 0. The van der Waals surface area contributed by atoms with Gasteiger partial charge in [-0.2, -0.15) is 4.39 Å². The summed E-state index contributed by atoms with van der Waals surface area (Å²) in [5.41, 5.74) is -0.277. The van der Waals surface area contributed by atoms with Crippen LogP contribution < -0.4 is 5.56 Å². The zero-order chi connectivity index (χ0) is 13.0. The first-order chi connectivity index (χ1) is 8.72. The van der Waals surface area contributed by atoms with Gasteiger partial charge in [0, 0.05) is 5.92 Å². The molecule has 0 spiro atoms. The van der Waals surface area contributed by atoms with Crippen molar-refractivity contribution in [3.8, 4) is 0 Å². The molecule has 2 rings (SSSR count). The van der Waals surface area contributed by atoms with E-state index < -0.39 is 11.4 Å². The van der Waals surface area contributed by atoms with Crippen molar-refractivity contribution in [2.75, 3.05) is 0 Å². The van der Waals surface area contributed by atoms with Gasteiger partial charge in [0.1, 0.15) is 0 Å². The Hall–Kier alpha value is -1.19. The summed E-state index contributed by atoms with van der Waals surface area (Å²) in [6.07, 6.45) is 9.32. The molecule has 0 aromatic carbocycles. The Morgan fingerprint density at radius 1 is 1.39 bits per heavy atom. The first-order valence-corrected chi connectivity index (χ1v) is 6.95. The van der Waals surface area contributed by atoms with E-state index in [1.54, 1.807) is 0 Å². The second-order valence-corrected chi connectivity index (χ2v) is 5.29. The Morgan fingerprint density at radius 2 is 2.11 bits per heavy atom. The predicted octanol–water partition coefficient (Wildman–Crippen LogP) is 3.37. The fraction of sp³-hybridized carbons (Fsp3) is 0.714. The molecule has 3 nitrogen and oxygen atoms in total. The van der Waals surface area contributed by atoms with E-state index in [1.807, 2.05) is 0 Å². The normalized spacial score (nSPS) is 24.1. The molecule has 0 bridgehead atoms. The van der Waals surface area contributed by atoms with Gasteiger partial charge >= 0.3 is 0 Å². The van der Waals surface area contributed by atoms with Gasteiger partial charge in [0.15, 0.2) is 0 Å². The summed E-state index contributed by atoms with van der Waals surface area (Å²) in [5.74, 6) is 0.228. The van der Waals surface area contributed by atoms with Gasteiger partial charge in [-0.3, -0.25) is 4.79 Å². The number of halogens is 1. The molecule has 4 heteroatoms. The number of unbranched alkanes of at least 4 members (excludes halogenated alkanes) is 1. The summed E-state index contributed by atoms with van der Waals surface area (Å²) in [6.45, 7) is 2.21. The maximum Gasteiger partial charge on any atom is 0.287 e. The zero-order valence-corrected chi connectivity index (χ0v) is 10.9. The van der Waals surface area contributed by atoms with Crippen molar-refractivity contribution in [1.29, 1.82) is 0 Å². The van der Waals surface area contributed by atoms with E-state index in [9.17, 15) is 9.18 Å². The number of nitrogens with one attached hydrogen (secondary N) is 1. The number of nitrogens with zero attached hydrogens (tertiary/aromatic N) is 1. The first kappa shape index (κ1) is 13.2. The van der Waals surface area contributed by atoms with Crippen molar-refractivity contribution in [1.82, 2.24) is 9.97 Å². The molecule has 0 aliphatic heterocycles. The van der Waals surface area contributed by atoms with Crippen molar-refractivity contribution in [2.24, 2.45) is 5.92 Å². The lowest BCUT2D eigenvalue weighted by Gasteiger charge is -2.28. The minimum atomic E-state index is -0.686. The third-order valence-corrected chi connectivity index (χ3v) is 4.02. The summed E-state index contributed by atoms with van der Waals surface area (Å²) in [6, 6.07) is 0. The maximum atomic E-state index is 13.7. The predicted molar refractivity (Wildman–Crippen MR) is 69.0 cm³/mol. The molecule has 1 heterocycles. The van der Waals surface area contributed by atoms with Gasteiger partial charge in [-0.15, -0.1) is 0 Å². The average molecular weight is 252 g/mol. The molecule has 1 aromatic rings. The van der Waals surface area contributed by atoms with E-state index in [0.29, 0.717) is 5.69 Å². The van der Waals surface area contributed by atoms with Crippen LogP contribution in [0.25, 0.3) is 0 Å². The van der Waals surface area contributed by atoms with Crippen LogP contribution in [0.4, 0.5) is 4.39 Å². The lowest BCUT2D eigenvalue weighted by atomic mass is 9.78. The lowest BCUT2D eigenvalue weighted by molar-refractivity contribution is 0.297. The van der Waals surface area contributed by atoms with Crippen molar-refractivity contribution in [3.63, 3.8) is 0 Å². The minimum absolute atomic E-state index is 0.130. The van der Waals surface area contributed by atoms with Crippen LogP contribution in [0.15, 0.2) is 11.1 Å². The van der Waals surface area contributed by atoms with Crippen LogP contribution in [-0.2, 0) is 0 Å². The van der Waals surface area contributed by atoms with Crippen molar-refractivity contribution in [2.45, 2.75) is 57.8 Å². The van der Waals surface area contributed by atoms with Gasteiger partial charge < -0.3 is 4.98 Å². The van der Waals surface area contributed by atoms with Crippen LogP contribution in [0.3, 0.4) is 0 Å². The van der Waals surface area contributed by atoms with Gasteiger partial charge in [0.25, 0.3) is 5.56 Å². The molecule has 1 aromatic heterocycles. The second kappa shape index (κ2) is 6.12. The molecule has 18 heavy (non-hydrogen) atoms.